The molecule has 1 saturated carbocycles. The zero-order chi connectivity index (χ0) is 13.9. The van der Waals surface area contributed by atoms with Gasteiger partial charge < -0.3 is 11.1 Å². The third-order valence-corrected chi connectivity index (χ3v) is 3.88. The number of carbonyl (C=O) groups is 1. The van der Waals surface area contributed by atoms with Gasteiger partial charge in [-0.2, -0.15) is 0 Å². The number of rotatable bonds is 5. The van der Waals surface area contributed by atoms with Crippen LogP contribution in [0.5, 0.6) is 0 Å². The van der Waals surface area contributed by atoms with E-state index in [1.807, 2.05) is 12.1 Å². The Morgan fingerprint density at radius 1 is 1.20 bits per heavy atom. The van der Waals surface area contributed by atoms with Gasteiger partial charge in [0.15, 0.2) is 0 Å². The summed E-state index contributed by atoms with van der Waals surface area (Å²) in [6.07, 6.45) is 2.93. The van der Waals surface area contributed by atoms with Crippen molar-refractivity contribution in [2.24, 2.45) is 11.7 Å². The van der Waals surface area contributed by atoms with Crippen molar-refractivity contribution in [3.63, 3.8) is 0 Å². The second-order valence-electron chi connectivity index (χ2n) is 5.60. The molecule has 1 unspecified atom stereocenters. The lowest BCUT2D eigenvalue weighted by Crippen LogP contribution is -2.37. The molecule has 1 atom stereocenters. The van der Waals surface area contributed by atoms with Crippen molar-refractivity contribution >= 4 is 16.7 Å². The van der Waals surface area contributed by atoms with E-state index in [-0.39, 0.29) is 11.8 Å². The fourth-order valence-corrected chi connectivity index (χ4v) is 2.48. The third-order valence-electron chi connectivity index (χ3n) is 3.88. The van der Waals surface area contributed by atoms with Crippen LogP contribution >= 0.6 is 0 Å². The van der Waals surface area contributed by atoms with Gasteiger partial charge >= 0.3 is 0 Å². The van der Waals surface area contributed by atoms with Gasteiger partial charge in [-0.05, 0) is 35.6 Å². The normalized spacial score (nSPS) is 16.1. The van der Waals surface area contributed by atoms with E-state index < -0.39 is 0 Å². The summed E-state index contributed by atoms with van der Waals surface area (Å²) in [5.41, 5.74) is 6.94. The topological polar surface area (TPSA) is 55.1 Å². The maximum Gasteiger partial charge on any atom is 0.224 e. The zero-order valence-corrected chi connectivity index (χ0v) is 11.5. The minimum atomic E-state index is -0.128. The molecule has 2 aromatic carbocycles. The van der Waals surface area contributed by atoms with E-state index in [0.29, 0.717) is 19.0 Å². The maximum atomic E-state index is 12.1. The molecule has 1 aliphatic rings. The summed E-state index contributed by atoms with van der Waals surface area (Å²) in [4.78, 5) is 12.1. The Bertz CT molecular complexity index is 619. The number of carbonyl (C=O) groups excluding carboxylic acids is 1. The fourth-order valence-electron chi connectivity index (χ4n) is 2.48. The average Bonchev–Trinajstić information content (AvgIpc) is 3.28. The summed E-state index contributed by atoms with van der Waals surface area (Å²) in [7, 11) is 0. The summed E-state index contributed by atoms with van der Waals surface area (Å²) in [6.45, 7) is 0.394. The molecule has 0 radical (unpaired) electrons. The van der Waals surface area contributed by atoms with Crippen LogP contribution in [0, 0.1) is 5.92 Å². The number of benzene rings is 2. The molecule has 3 heteroatoms. The number of hydrogen-bond acceptors (Lipinski definition) is 2. The Balaban J connectivity index is 1.74. The minimum absolute atomic E-state index is 0.100. The Morgan fingerprint density at radius 3 is 2.65 bits per heavy atom. The van der Waals surface area contributed by atoms with Crippen LogP contribution in [-0.4, -0.2) is 18.5 Å². The van der Waals surface area contributed by atoms with E-state index in [0.717, 1.165) is 12.8 Å². The highest BCUT2D eigenvalue weighted by Gasteiger charge is 2.26. The first-order chi connectivity index (χ1) is 9.76. The van der Waals surface area contributed by atoms with E-state index in [1.54, 1.807) is 0 Å². The molecule has 1 aliphatic carbocycles. The number of hydrogen-bond donors (Lipinski definition) is 2. The van der Waals surface area contributed by atoms with Crippen LogP contribution in [0.1, 0.15) is 18.4 Å². The van der Waals surface area contributed by atoms with Crippen LogP contribution in [-0.2, 0) is 11.2 Å². The maximum absolute atomic E-state index is 12.1. The van der Waals surface area contributed by atoms with E-state index in [1.165, 1.54) is 16.3 Å². The van der Waals surface area contributed by atoms with Gasteiger partial charge in [0.05, 0.1) is 5.92 Å². The van der Waals surface area contributed by atoms with Crippen molar-refractivity contribution in [1.82, 2.24) is 5.32 Å². The van der Waals surface area contributed by atoms with Gasteiger partial charge in [-0.1, -0.05) is 42.5 Å². The predicted molar refractivity (Wildman–Crippen MR) is 81.4 cm³/mol. The molecule has 3 nitrogen and oxygen atoms in total. The van der Waals surface area contributed by atoms with Crippen molar-refractivity contribution in [1.29, 1.82) is 0 Å². The molecular weight excluding hydrogens is 248 g/mol. The summed E-state index contributed by atoms with van der Waals surface area (Å²) in [5.74, 6) is -0.0279. The highest BCUT2D eigenvalue weighted by atomic mass is 16.2. The zero-order valence-electron chi connectivity index (χ0n) is 11.5. The lowest BCUT2D eigenvalue weighted by Gasteiger charge is -2.15. The van der Waals surface area contributed by atoms with Gasteiger partial charge in [0, 0.05) is 12.6 Å². The average molecular weight is 268 g/mol. The number of nitrogens with one attached hydrogen (secondary N) is 1. The summed E-state index contributed by atoms with van der Waals surface area (Å²) in [6, 6.07) is 15.0. The number of amides is 1. The second-order valence-corrected chi connectivity index (χ2v) is 5.60. The standard InChI is InChI=1S/C17H20N2O/c18-11-15(17(20)19-16-7-8-16)10-12-5-6-13-3-1-2-4-14(13)9-12/h1-6,9,15-16H,7-8,10-11,18H2,(H,19,20). The monoisotopic (exact) mass is 268 g/mol. The second kappa shape index (κ2) is 5.63. The SMILES string of the molecule is NCC(Cc1ccc2ccccc2c1)C(=O)NC1CC1. The first kappa shape index (κ1) is 13.1. The predicted octanol–water partition coefficient (Wildman–Crippen LogP) is 2.24. The van der Waals surface area contributed by atoms with Crippen LogP contribution in [0.4, 0.5) is 0 Å². The molecule has 3 rings (SSSR count). The molecule has 0 aliphatic heterocycles. The quantitative estimate of drug-likeness (QED) is 0.873. The Hall–Kier alpha value is -1.87. The molecule has 0 spiro atoms. The molecule has 1 fully saturated rings. The first-order valence-electron chi connectivity index (χ1n) is 7.24. The Labute approximate surface area is 119 Å². The number of fused-ring (bicyclic) bond motifs is 1. The Morgan fingerprint density at radius 2 is 1.95 bits per heavy atom. The van der Waals surface area contributed by atoms with Crippen LogP contribution in [0.25, 0.3) is 10.8 Å². The molecule has 3 N–H and O–H groups in total. The summed E-state index contributed by atoms with van der Waals surface area (Å²) >= 11 is 0. The van der Waals surface area contributed by atoms with E-state index in [4.69, 9.17) is 5.73 Å². The van der Waals surface area contributed by atoms with E-state index >= 15 is 0 Å². The van der Waals surface area contributed by atoms with E-state index in [2.05, 4.69) is 35.6 Å². The van der Waals surface area contributed by atoms with E-state index in [9.17, 15) is 4.79 Å². The smallest absolute Gasteiger partial charge is 0.224 e. The summed E-state index contributed by atoms with van der Waals surface area (Å²) in [5, 5.41) is 5.48. The van der Waals surface area contributed by atoms with Crippen molar-refractivity contribution in [3.8, 4) is 0 Å². The molecule has 2 aromatic rings. The third kappa shape index (κ3) is 2.99. The molecule has 0 aromatic heterocycles. The highest BCUT2D eigenvalue weighted by Crippen LogP contribution is 2.21. The molecule has 1 amide bonds. The molecular formula is C17H20N2O. The van der Waals surface area contributed by atoms with Gasteiger partial charge in [-0.25, -0.2) is 0 Å². The first-order valence-corrected chi connectivity index (χ1v) is 7.24. The largest absolute Gasteiger partial charge is 0.353 e. The molecule has 20 heavy (non-hydrogen) atoms. The lowest BCUT2D eigenvalue weighted by atomic mass is 9.96. The molecule has 104 valence electrons. The van der Waals surface area contributed by atoms with Gasteiger partial charge in [0.1, 0.15) is 0 Å². The van der Waals surface area contributed by atoms with Gasteiger partial charge in [-0.3, -0.25) is 4.79 Å². The van der Waals surface area contributed by atoms with Crippen molar-refractivity contribution in [2.45, 2.75) is 25.3 Å². The lowest BCUT2D eigenvalue weighted by molar-refractivity contribution is -0.124. The van der Waals surface area contributed by atoms with Crippen molar-refractivity contribution in [2.75, 3.05) is 6.54 Å². The van der Waals surface area contributed by atoms with Crippen molar-refractivity contribution in [3.05, 3.63) is 48.0 Å². The molecule has 0 saturated heterocycles. The molecule has 0 bridgehead atoms. The highest BCUT2D eigenvalue weighted by molar-refractivity contribution is 5.83. The van der Waals surface area contributed by atoms with Crippen LogP contribution < -0.4 is 11.1 Å². The van der Waals surface area contributed by atoms with Crippen LogP contribution in [0.3, 0.4) is 0 Å². The van der Waals surface area contributed by atoms with Crippen LogP contribution in [0.15, 0.2) is 42.5 Å². The van der Waals surface area contributed by atoms with Gasteiger partial charge in [-0.15, -0.1) is 0 Å². The fraction of sp³-hybridized carbons (Fsp3) is 0.353. The Kier molecular flexibility index (Phi) is 3.70. The minimum Gasteiger partial charge on any atom is -0.353 e. The summed E-state index contributed by atoms with van der Waals surface area (Å²) < 4.78 is 0. The molecule has 0 heterocycles. The van der Waals surface area contributed by atoms with Crippen LogP contribution in [0.2, 0.25) is 0 Å². The van der Waals surface area contributed by atoms with Crippen molar-refractivity contribution < 1.29 is 4.79 Å². The van der Waals surface area contributed by atoms with Gasteiger partial charge in [0.2, 0.25) is 5.91 Å². The van der Waals surface area contributed by atoms with Gasteiger partial charge in [0.25, 0.3) is 0 Å². The number of nitrogens with two attached hydrogens (primary N) is 1.